The monoisotopic (exact) mass is 306 g/mol. The summed E-state index contributed by atoms with van der Waals surface area (Å²) < 4.78 is 0. The van der Waals surface area contributed by atoms with Gasteiger partial charge < -0.3 is 5.32 Å². The molecule has 1 aromatic carbocycles. The summed E-state index contributed by atoms with van der Waals surface area (Å²) in [6.07, 6.45) is 1.30. The highest BCUT2D eigenvalue weighted by Gasteiger charge is 2.29. The Bertz CT molecular complexity index is 393. The molecule has 1 aliphatic heterocycles. The largest absolute Gasteiger partial charge is 0.311 e. The van der Waals surface area contributed by atoms with Crippen LogP contribution in [-0.2, 0) is 0 Å². The van der Waals surface area contributed by atoms with Gasteiger partial charge >= 0.3 is 0 Å². The first-order valence-corrected chi connectivity index (χ1v) is 9.48. The molecule has 1 saturated heterocycles. The Morgan fingerprint density at radius 1 is 1.29 bits per heavy atom. The molecule has 2 nitrogen and oxygen atoms in total. The van der Waals surface area contributed by atoms with Crippen LogP contribution in [0.25, 0.3) is 0 Å². The van der Waals surface area contributed by atoms with Crippen LogP contribution in [0.5, 0.6) is 0 Å². The number of rotatable bonds is 7. The van der Waals surface area contributed by atoms with Gasteiger partial charge in [0.1, 0.15) is 0 Å². The molecule has 2 rings (SSSR count). The molecule has 2 atom stereocenters. The van der Waals surface area contributed by atoms with Gasteiger partial charge in [0.05, 0.1) is 0 Å². The van der Waals surface area contributed by atoms with Gasteiger partial charge in [0, 0.05) is 25.2 Å². The predicted octanol–water partition coefficient (Wildman–Crippen LogP) is 3.80. The van der Waals surface area contributed by atoms with Crippen molar-refractivity contribution < 1.29 is 0 Å². The molecule has 3 heteroatoms. The van der Waals surface area contributed by atoms with Crippen LogP contribution in [0.4, 0.5) is 0 Å². The van der Waals surface area contributed by atoms with E-state index in [2.05, 4.69) is 73.1 Å². The van der Waals surface area contributed by atoms with Crippen molar-refractivity contribution in [2.75, 3.05) is 31.1 Å². The average molecular weight is 307 g/mol. The third-order valence-corrected chi connectivity index (χ3v) is 5.36. The minimum absolute atomic E-state index is 0.535. The second kappa shape index (κ2) is 8.82. The SMILES string of the molecule is CCSCCCN1CC(C(C)C)NCC1c1ccccc1. The fraction of sp³-hybridized carbons (Fsp3) is 0.667. The Kier molecular flexibility index (Phi) is 7.08. The number of benzene rings is 1. The first kappa shape index (κ1) is 16.9. The summed E-state index contributed by atoms with van der Waals surface area (Å²) in [5.74, 6) is 3.22. The molecular formula is C18H30N2S. The van der Waals surface area contributed by atoms with Crippen LogP contribution in [0.1, 0.15) is 38.8 Å². The zero-order chi connectivity index (χ0) is 15.1. The normalized spacial score (nSPS) is 23.6. The van der Waals surface area contributed by atoms with E-state index in [0.717, 1.165) is 6.54 Å². The van der Waals surface area contributed by atoms with Crippen LogP contribution in [0.3, 0.4) is 0 Å². The highest BCUT2D eigenvalue weighted by molar-refractivity contribution is 7.99. The van der Waals surface area contributed by atoms with E-state index in [1.807, 2.05) is 0 Å². The average Bonchev–Trinajstić information content (AvgIpc) is 2.52. The van der Waals surface area contributed by atoms with Crippen molar-refractivity contribution in [2.24, 2.45) is 5.92 Å². The second-order valence-corrected chi connectivity index (χ2v) is 7.62. The number of nitrogens with zero attached hydrogens (tertiary/aromatic N) is 1. The minimum atomic E-state index is 0.535. The molecule has 0 aliphatic carbocycles. The van der Waals surface area contributed by atoms with Gasteiger partial charge in [0.25, 0.3) is 0 Å². The van der Waals surface area contributed by atoms with E-state index in [1.54, 1.807) is 0 Å². The van der Waals surface area contributed by atoms with Gasteiger partial charge in [0.15, 0.2) is 0 Å². The summed E-state index contributed by atoms with van der Waals surface area (Å²) in [7, 11) is 0. The Morgan fingerprint density at radius 2 is 2.05 bits per heavy atom. The molecule has 1 aromatic rings. The lowest BCUT2D eigenvalue weighted by Gasteiger charge is -2.42. The van der Waals surface area contributed by atoms with Crippen LogP contribution in [0.15, 0.2) is 30.3 Å². The Balaban J connectivity index is 1.99. The van der Waals surface area contributed by atoms with E-state index in [9.17, 15) is 0 Å². The lowest BCUT2D eigenvalue weighted by molar-refractivity contribution is 0.114. The molecule has 0 radical (unpaired) electrons. The smallest absolute Gasteiger partial charge is 0.0473 e. The summed E-state index contributed by atoms with van der Waals surface area (Å²) >= 11 is 2.06. The quantitative estimate of drug-likeness (QED) is 0.771. The van der Waals surface area contributed by atoms with Crippen molar-refractivity contribution in [3.8, 4) is 0 Å². The van der Waals surface area contributed by atoms with Crippen LogP contribution in [0, 0.1) is 5.92 Å². The van der Waals surface area contributed by atoms with Crippen molar-refractivity contribution in [3.05, 3.63) is 35.9 Å². The summed E-state index contributed by atoms with van der Waals surface area (Å²) in [4.78, 5) is 2.70. The molecule has 1 aliphatic rings. The lowest BCUT2D eigenvalue weighted by Crippen LogP contribution is -2.54. The molecule has 1 N–H and O–H groups in total. The van der Waals surface area contributed by atoms with Gasteiger partial charge in [-0.1, -0.05) is 51.1 Å². The van der Waals surface area contributed by atoms with E-state index < -0.39 is 0 Å². The van der Waals surface area contributed by atoms with E-state index >= 15 is 0 Å². The maximum absolute atomic E-state index is 3.75. The van der Waals surface area contributed by atoms with Crippen LogP contribution < -0.4 is 5.32 Å². The highest BCUT2D eigenvalue weighted by Crippen LogP contribution is 2.25. The van der Waals surface area contributed by atoms with Crippen LogP contribution in [-0.4, -0.2) is 42.1 Å². The molecular weight excluding hydrogens is 276 g/mol. The molecule has 1 heterocycles. The minimum Gasteiger partial charge on any atom is -0.311 e. The van der Waals surface area contributed by atoms with Crippen molar-refractivity contribution in [3.63, 3.8) is 0 Å². The lowest BCUT2D eigenvalue weighted by atomic mass is 9.96. The fourth-order valence-electron chi connectivity index (χ4n) is 3.05. The number of thioether (sulfide) groups is 1. The molecule has 0 saturated carbocycles. The van der Waals surface area contributed by atoms with Gasteiger partial charge in [-0.25, -0.2) is 0 Å². The first-order valence-electron chi connectivity index (χ1n) is 8.32. The van der Waals surface area contributed by atoms with E-state index in [0.29, 0.717) is 18.0 Å². The third kappa shape index (κ3) is 5.01. The van der Waals surface area contributed by atoms with Crippen molar-refractivity contribution >= 4 is 11.8 Å². The molecule has 118 valence electrons. The molecule has 21 heavy (non-hydrogen) atoms. The number of piperazine rings is 1. The van der Waals surface area contributed by atoms with Gasteiger partial charge in [-0.2, -0.15) is 11.8 Å². The van der Waals surface area contributed by atoms with Gasteiger partial charge in [-0.05, 0) is 36.0 Å². The maximum Gasteiger partial charge on any atom is 0.0473 e. The summed E-state index contributed by atoms with van der Waals surface area (Å²) in [5.41, 5.74) is 1.45. The Labute approximate surface area is 134 Å². The Hall–Kier alpha value is -0.510. The number of hydrogen-bond acceptors (Lipinski definition) is 3. The maximum atomic E-state index is 3.75. The van der Waals surface area contributed by atoms with E-state index in [1.165, 1.54) is 36.6 Å². The number of hydrogen-bond donors (Lipinski definition) is 1. The molecule has 0 aromatic heterocycles. The summed E-state index contributed by atoms with van der Waals surface area (Å²) in [6.45, 7) is 10.4. The van der Waals surface area contributed by atoms with Crippen molar-refractivity contribution in [1.29, 1.82) is 0 Å². The van der Waals surface area contributed by atoms with Crippen molar-refractivity contribution in [1.82, 2.24) is 10.2 Å². The van der Waals surface area contributed by atoms with Crippen molar-refractivity contribution in [2.45, 2.75) is 39.3 Å². The van der Waals surface area contributed by atoms with Gasteiger partial charge in [0.2, 0.25) is 0 Å². The zero-order valence-electron chi connectivity index (χ0n) is 13.7. The summed E-state index contributed by atoms with van der Waals surface area (Å²) in [6, 6.07) is 12.1. The second-order valence-electron chi connectivity index (χ2n) is 6.23. The standard InChI is InChI=1S/C18H30N2S/c1-4-21-12-8-11-20-14-17(15(2)3)19-13-18(20)16-9-6-5-7-10-16/h5-7,9-10,15,17-19H,4,8,11-14H2,1-3H3. The fourth-order valence-corrected chi connectivity index (χ4v) is 3.67. The topological polar surface area (TPSA) is 15.3 Å². The molecule has 2 unspecified atom stereocenters. The Morgan fingerprint density at radius 3 is 2.71 bits per heavy atom. The van der Waals surface area contributed by atoms with Gasteiger partial charge in [-0.15, -0.1) is 0 Å². The first-order chi connectivity index (χ1) is 10.2. The third-order valence-electron chi connectivity index (χ3n) is 4.37. The van der Waals surface area contributed by atoms with E-state index in [-0.39, 0.29) is 0 Å². The highest BCUT2D eigenvalue weighted by atomic mass is 32.2. The predicted molar refractivity (Wildman–Crippen MR) is 95.0 cm³/mol. The van der Waals surface area contributed by atoms with Gasteiger partial charge in [-0.3, -0.25) is 4.90 Å². The molecule has 0 amide bonds. The molecule has 0 bridgehead atoms. The zero-order valence-corrected chi connectivity index (χ0v) is 14.5. The van der Waals surface area contributed by atoms with Crippen LogP contribution >= 0.6 is 11.8 Å². The molecule has 1 fully saturated rings. The number of nitrogens with one attached hydrogen (secondary N) is 1. The van der Waals surface area contributed by atoms with Crippen LogP contribution in [0.2, 0.25) is 0 Å². The van der Waals surface area contributed by atoms with E-state index in [4.69, 9.17) is 0 Å². The summed E-state index contributed by atoms with van der Waals surface area (Å²) in [5, 5.41) is 3.75. The molecule has 0 spiro atoms.